The molecule has 1 aromatic carbocycles. The molecule has 0 spiro atoms. The van der Waals surface area contributed by atoms with E-state index in [0.29, 0.717) is 22.3 Å². The van der Waals surface area contributed by atoms with Crippen LogP contribution in [0, 0.1) is 0 Å². The van der Waals surface area contributed by atoms with Crippen LogP contribution >= 0.6 is 23.2 Å². The number of likely N-dealkylation sites (N-methyl/N-ethyl adjacent to an activating group) is 1. The summed E-state index contributed by atoms with van der Waals surface area (Å²) in [6.07, 6.45) is 0. The van der Waals surface area contributed by atoms with Gasteiger partial charge in [-0.1, -0.05) is 29.3 Å². The zero-order valence-corrected chi connectivity index (χ0v) is 9.73. The summed E-state index contributed by atoms with van der Waals surface area (Å²) in [7, 11) is 0. The van der Waals surface area contributed by atoms with Crippen molar-refractivity contribution < 1.29 is 9.53 Å². The first kappa shape index (κ1) is 12.1. The Bertz CT molecular complexity index is 335. The Morgan fingerprint density at radius 3 is 2.53 bits per heavy atom. The van der Waals surface area contributed by atoms with Gasteiger partial charge in [0, 0.05) is 6.54 Å². The first-order valence-electron chi connectivity index (χ1n) is 4.48. The molecule has 0 heterocycles. The summed E-state index contributed by atoms with van der Waals surface area (Å²) in [5.74, 6) is 0.139. The molecule has 0 unspecified atom stereocenters. The molecule has 0 bridgehead atoms. The third-order valence-corrected chi connectivity index (χ3v) is 2.24. The number of carbonyl (C=O) groups excluding carboxylic acids is 1. The van der Waals surface area contributed by atoms with Crippen LogP contribution in [0.5, 0.6) is 5.75 Å². The zero-order valence-electron chi connectivity index (χ0n) is 8.22. The number of hydrogen-bond donors (Lipinski definition) is 1. The monoisotopic (exact) mass is 247 g/mol. The van der Waals surface area contributed by atoms with Gasteiger partial charge in [0.2, 0.25) is 0 Å². The lowest BCUT2D eigenvalue weighted by molar-refractivity contribution is -0.122. The number of nitrogens with one attached hydrogen (secondary N) is 1. The summed E-state index contributed by atoms with van der Waals surface area (Å²) < 4.78 is 5.21. The molecule has 1 N–H and O–H groups in total. The number of halogens is 2. The fourth-order valence-corrected chi connectivity index (χ4v) is 1.51. The summed E-state index contributed by atoms with van der Waals surface area (Å²) in [4.78, 5) is 11.1. The van der Waals surface area contributed by atoms with Crippen molar-refractivity contribution in [3.8, 4) is 5.75 Å². The molecular weight excluding hydrogens is 237 g/mol. The Morgan fingerprint density at radius 2 is 2.00 bits per heavy atom. The Balaban J connectivity index is 2.61. The van der Waals surface area contributed by atoms with Crippen molar-refractivity contribution >= 4 is 29.1 Å². The smallest absolute Gasteiger partial charge is 0.257 e. The van der Waals surface area contributed by atoms with E-state index in [1.165, 1.54) is 0 Å². The van der Waals surface area contributed by atoms with E-state index in [-0.39, 0.29) is 12.5 Å². The standard InChI is InChI=1S/C10H11Cl2NO2/c1-2-13-9(14)6-15-10-7(11)4-3-5-8(10)12/h3-5H,2,6H2,1H3,(H,13,14). The number of para-hydroxylation sites is 1. The second kappa shape index (κ2) is 5.83. The van der Waals surface area contributed by atoms with Gasteiger partial charge in [-0.15, -0.1) is 0 Å². The fourth-order valence-electron chi connectivity index (χ4n) is 1.01. The normalized spacial score (nSPS) is 9.80. The molecule has 0 atom stereocenters. The lowest BCUT2D eigenvalue weighted by atomic mass is 10.3. The van der Waals surface area contributed by atoms with Crippen molar-refractivity contribution in [2.45, 2.75) is 6.92 Å². The van der Waals surface area contributed by atoms with Gasteiger partial charge in [-0.2, -0.15) is 0 Å². The van der Waals surface area contributed by atoms with Crippen LogP contribution in [0.15, 0.2) is 18.2 Å². The van der Waals surface area contributed by atoms with E-state index in [0.717, 1.165) is 0 Å². The second-order valence-electron chi connectivity index (χ2n) is 2.79. The van der Waals surface area contributed by atoms with Crippen molar-refractivity contribution in [2.24, 2.45) is 0 Å². The van der Waals surface area contributed by atoms with Crippen molar-refractivity contribution in [2.75, 3.05) is 13.2 Å². The van der Waals surface area contributed by atoms with Crippen LogP contribution in [0.3, 0.4) is 0 Å². The summed E-state index contributed by atoms with van der Waals surface area (Å²) in [6, 6.07) is 5.02. The van der Waals surface area contributed by atoms with Gasteiger partial charge in [0.05, 0.1) is 10.0 Å². The van der Waals surface area contributed by atoms with E-state index in [1.807, 2.05) is 6.92 Å². The number of carbonyl (C=O) groups is 1. The molecule has 3 nitrogen and oxygen atoms in total. The molecule has 0 saturated carbocycles. The number of hydrogen-bond acceptors (Lipinski definition) is 2. The molecule has 0 aliphatic carbocycles. The number of ether oxygens (including phenoxy) is 1. The molecule has 1 amide bonds. The molecule has 0 radical (unpaired) electrons. The van der Waals surface area contributed by atoms with E-state index in [9.17, 15) is 4.79 Å². The van der Waals surface area contributed by atoms with E-state index >= 15 is 0 Å². The lowest BCUT2D eigenvalue weighted by Crippen LogP contribution is -2.28. The average Bonchev–Trinajstić information content (AvgIpc) is 2.17. The molecular formula is C10H11Cl2NO2. The minimum Gasteiger partial charge on any atom is -0.481 e. The maximum atomic E-state index is 11.1. The summed E-state index contributed by atoms with van der Waals surface area (Å²) >= 11 is 11.7. The quantitative estimate of drug-likeness (QED) is 0.888. The average molecular weight is 248 g/mol. The van der Waals surface area contributed by atoms with Gasteiger partial charge in [0.1, 0.15) is 0 Å². The molecule has 0 aliphatic rings. The van der Waals surface area contributed by atoms with Gasteiger partial charge in [-0.25, -0.2) is 0 Å². The third-order valence-electron chi connectivity index (χ3n) is 1.64. The minimum atomic E-state index is -0.200. The van der Waals surface area contributed by atoms with Gasteiger partial charge in [0.15, 0.2) is 12.4 Å². The Hall–Kier alpha value is -0.930. The molecule has 5 heteroatoms. The topological polar surface area (TPSA) is 38.3 Å². The van der Waals surface area contributed by atoms with Crippen LogP contribution in [0.1, 0.15) is 6.92 Å². The molecule has 0 aliphatic heterocycles. The molecule has 0 fully saturated rings. The summed E-state index contributed by atoms with van der Waals surface area (Å²) in [5, 5.41) is 3.39. The van der Waals surface area contributed by atoms with E-state index in [1.54, 1.807) is 18.2 Å². The number of benzene rings is 1. The van der Waals surface area contributed by atoms with E-state index in [2.05, 4.69) is 5.32 Å². The van der Waals surface area contributed by atoms with Crippen LogP contribution in [0.2, 0.25) is 10.0 Å². The van der Waals surface area contributed by atoms with Crippen molar-refractivity contribution in [1.82, 2.24) is 5.32 Å². The third kappa shape index (κ3) is 3.61. The molecule has 0 aromatic heterocycles. The second-order valence-corrected chi connectivity index (χ2v) is 3.61. The molecule has 1 aromatic rings. The predicted molar refractivity (Wildman–Crippen MR) is 60.6 cm³/mol. The zero-order chi connectivity index (χ0) is 11.3. The molecule has 0 saturated heterocycles. The van der Waals surface area contributed by atoms with Crippen LogP contribution in [0.4, 0.5) is 0 Å². The van der Waals surface area contributed by atoms with Gasteiger partial charge in [-0.05, 0) is 19.1 Å². The van der Waals surface area contributed by atoms with Crippen molar-refractivity contribution in [1.29, 1.82) is 0 Å². The van der Waals surface area contributed by atoms with E-state index in [4.69, 9.17) is 27.9 Å². The van der Waals surface area contributed by atoms with Gasteiger partial charge < -0.3 is 10.1 Å². The van der Waals surface area contributed by atoms with Crippen molar-refractivity contribution in [3.63, 3.8) is 0 Å². The first-order valence-corrected chi connectivity index (χ1v) is 5.24. The van der Waals surface area contributed by atoms with Gasteiger partial charge in [-0.3, -0.25) is 4.79 Å². The Morgan fingerprint density at radius 1 is 1.40 bits per heavy atom. The van der Waals surface area contributed by atoms with Crippen LogP contribution in [-0.2, 0) is 4.79 Å². The highest BCUT2D eigenvalue weighted by Gasteiger charge is 2.08. The molecule has 82 valence electrons. The Labute approximate surface area is 98.3 Å². The first-order chi connectivity index (χ1) is 7.15. The highest BCUT2D eigenvalue weighted by molar-refractivity contribution is 6.37. The maximum Gasteiger partial charge on any atom is 0.257 e. The minimum absolute atomic E-state index is 0.0860. The highest BCUT2D eigenvalue weighted by Crippen LogP contribution is 2.32. The largest absolute Gasteiger partial charge is 0.481 e. The maximum absolute atomic E-state index is 11.1. The summed E-state index contributed by atoms with van der Waals surface area (Å²) in [5.41, 5.74) is 0. The highest BCUT2D eigenvalue weighted by atomic mass is 35.5. The SMILES string of the molecule is CCNC(=O)COc1c(Cl)cccc1Cl. The fraction of sp³-hybridized carbons (Fsp3) is 0.300. The molecule has 15 heavy (non-hydrogen) atoms. The molecule has 1 rings (SSSR count). The van der Waals surface area contributed by atoms with Crippen molar-refractivity contribution in [3.05, 3.63) is 28.2 Å². The van der Waals surface area contributed by atoms with Gasteiger partial charge in [0.25, 0.3) is 5.91 Å². The summed E-state index contributed by atoms with van der Waals surface area (Å²) in [6.45, 7) is 2.32. The van der Waals surface area contributed by atoms with E-state index < -0.39 is 0 Å². The predicted octanol–water partition coefficient (Wildman–Crippen LogP) is 2.51. The van der Waals surface area contributed by atoms with Crippen LogP contribution in [-0.4, -0.2) is 19.1 Å². The Kier molecular flexibility index (Phi) is 4.72. The lowest BCUT2D eigenvalue weighted by Gasteiger charge is -2.08. The van der Waals surface area contributed by atoms with Crippen LogP contribution in [0.25, 0.3) is 0 Å². The number of rotatable bonds is 4. The van der Waals surface area contributed by atoms with Crippen LogP contribution < -0.4 is 10.1 Å². The number of amides is 1. The van der Waals surface area contributed by atoms with Gasteiger partial charge >= 0.3 is 0 Å².